The lowest BCUT2D eigenvalue weighted by molar-refractivity contribution is 0.0873. The third kappa shape index (κ3) is 3.67. The Morgan fingerprint density at radius 3 is 3.00 bits per heavy atom. The number of aryl methyl sites for hydroxylation is 1. The molecule has 2 saturated heterocycles. The molecular weight excluding hydrogens is 294 g/mol. The van der Waals surface area contributed by atoms with Gasteiger partial charge >= 0.3 is 6.03 Å². The summed E-state index contributed by atoms with van der Waals surface area (Å²) in [5.74, 6) is 1.48. The van der Waals surface area contributed by atoms with Crippen molar-refractivity contribution >= 4 is 6.03 Å². The van der Waals surface area contributed by atoms with Gasteiger partial charge in [-0.2, -0.15) is 0 Å². The highest BCUT2D eigenvalue weighted by Crippen LogP contribution is 2.23. The lowest BCUT2D eigenvalue weighted by Crippen LogP contribution is -2.53. The van der Waals surface area contributed by atoms with Crippen LogP contribution >= 0.6 is 0 Å². The first-order chi connectivity index (χ1) is 11.2. The molecular formula is C16H27N5O2. The van der Waals surface area contributed by atoms with Gasteiger partial charge in [0.15, 0.2) is 0 Å². The summed E-state index contributed by atoms with van der Waals surface area (Å²) in [5.41, 5.74) is 0. The number of imidazole rings is 1. The molecule has 7 nitrogen and oxygen atoms in total. The second-order valence-corrected chi connectivity index (χ2v) is 6.40. The lowest BCUT2D eigenvalue weighted by Gasteiger charge is -2.40. The lowest BCUT2D eigenvalue weighted by atomic mass is 10.1. The van der Waals surface area contributed by atoms with Crippen LogP contribution in [-0.2, 0) is 11.8 Å². The smallest absolute Gasteiger partial charge is 0.317 e. The van der Waals surface area contributed by atoms with Crippen molar-refractivity contribution in [3.8, 4) is 0 Å². The number of nitrogens with zero attached hydrogens (tertiary/aromatic N) is 4. The van der Waals surface area contributed by atoms with Crippen LogP contribution < -0.4 is 5.32 Å². The van der Waals surface area contributed by atoms with Crippen LogP contribution in [0.2, 0.25) is 0 Å². The summed E-state index contributed by atoms with van der Waals surface area (Å²) in [7, 11) is 2.01. The van der Waals surface area contributed by atoms with E-state index in [2.05, 4.69) is 22.1 Å². The number of amides is 2. The molecule has 0 radical (unpaired) electrons. The van der Waals surface area contributed by atoms with Gasteiger partial charge in [0.2, 0.25) is 0 Å². The van der Waals surface area contributed by atoms with Gasteiger partial charge in [-0.3, -0.25) is 4.90 Å². The molecule has 1 aromatic rings. The van der Waals surface area contributed by atoms with Crippen molar-refractivity contribution in [2.75, 3.05) is 45.9 Å². The van der Waals surface area contributed by atoms with Crippen LogP contribution in [0, 0.1) is 5.92 Å². The van der Waals surface area contributed by atoms with E-state index in [9.17, 15) is 4.79 Å². The number of ether oxygens (including phenoxy) is 1. The summed E-state index contributed by atoms with van der Waals surface area (Å²) in [6.45, 7) is 7.75. The highest BCUT2D eigenvalue weighted by atomic mass is 16.5. The Labute approximate surface area is 137 Å². The molecule has 3 rings (SSSR count). The molecule has 0 bridgehead atoms. The van der Waals surface area contributed by atoms with Crippen LogP contribution in [0.15, 0.2) is 12.4 Å². The van der Waals surface area contributed by atoms with Gasteiger partial charge in [-0.05, 0) is 13.0 Å². The quantitative estimate of drug-likeness (QED) is 0.893. The van der Waals surface area contributed by atoms with Gasteiger partial charge in [0, 0.05) is 58.1 Å². The predicted octanol–water partition coefficient (Wildman–Crippen LogP) is 0.845. The largest absolute Gasteiger partial charge is 0.381 e. The minimum absolute atomic E-state index is 0.0341. The monoisotopic (exact) mass is 321 g/mol. The Hall–Kier alpha value is -1.60. The van der Waals surface area contributed by atoms with E-state index in [-0.39, 0.29) is 12.1 Å². The molecule has 0 spiro atoms. The van der Waals surface area contributed by atoms with Crippen molar-refractivity contribution < 1.29 is 9.53 Å². The molecule has 3 heterocycles. The van der Waals surface area contributed by atoms with Crippen molar-refractivity contribution in [2.24, 2.45) is 13.0 Å². The van der Waals surface area contributed by atoms with Crippen molar-refractivity contribution in [1.29, 1.82) is 0 Å². The maximum atomic E-state index is 12.5. The first-order valence-electron chi connectivity index (χ1n) is 8.50. The van der Waals surface area contributed by atoms with E-state index in [0.717, 1.165) is 45.1 Å². The molecule has 2 amide bonds. The molecule has 2 fully saturated rings. The Bertz CT molecular complexity index is 526. The van der Waals surface area contributed by atoms with Gasteiger partial charge in [0.25, 0.3) is 0 Å². The number of hydrogen-bond acceptors (Lipinski definition) is 4. The van der Waals surface area contributed by atoms with Crippen molar-refractivity contribution in [2.45, 2.75) is 19.4 Å². The molecule has 2 aliphatic heterocycles. The maximum absolute atomic E-state index is 12.5. The highest BCUT2D eigenvalue weighted by molar-refractivity contribution is 5.74. The summed E-state index contributed by atoms with van der Waals surface area (Å²) in [4.78, 5) is 21.3. The molecule has 0 aromatic carbocycles. The Kier molecular flexibility index (Phi) is 5.17. The Morgan fingerprint density at radius 1 is 1.48 bits per heavy atom. The predicted molar refractivity (Wildman–Crippen MR) is 87.1 cm³/mol. The standard InChI is InChI=1S/C16H27N5O2/c1-3-20-7-8-21(11-14(20)15-17-5-6-19(15)2)16(22)18-10-13-4-9-23-12-13/h5-6,13-14H,3-4,7-12H2,1-2H3,(H,18,22)/t13-,14-/m0/s1. The van der Waals surface area contributed by atoms with Crippen LogP contribution in [-0.4, -0.2) is 71.3 Å². The molecule has 2 aliphatic rings. The summed E-state index contributed by atoms with van der Waals surface area (Å²) < 4.78 is 7.41. The van der Waals surface area contributed by atoms with Gasteiger partial charge in [-0.25, -0.2) is 9.78 Å². The molecule has 0 unspecified atom stereocenters. The first-order valence-corrected chi connectivity index (χ1v) is 8.50. The normalized spacial score (nSPS) is 25.7. The molecule has 0 aliphatic carbocycles. The van der Waals surface area contributed by atoms with E-state index < -0.39 is 0 Å². The van der Waals surface area contributed by atoms with Gasteiger partial charge in [-0.15, -0.1) is 0 Å². The van der Waals surface area contributed by atoms with Crippen LogP contribution in [0.4, 0.5) is 4.79 Å². The van der Waals surface area contributed by atoms with E-state index in [1.54, 1.807) is 0 Å². The molecule has 7 heteroatoms. The van der Waals surface area contributed by atoms with Crippen molar-refractivity contribution in [3.63, 3.8) is 0 Å². The first kappa shape index (κ1) is 16.3. The van der Waals surface area contributed by atoms with Crippen LogP contribution in [0.5, 0.6) is 0 Å². The van der Waals surface area contributed by atoms with Gasteiger partial charge in [-0.1, -0.05) is 6.92 Å². The summed E-state index contributed by atoms with van der Waals surface area (Å²) in [5, 5.41) is 3.07. The SMILES string of the molecule is CCN1CCN(C(=O)NC[C@@H]2CCOC2)C[C@H]1c1nccn1C. The molecule has 128 valence electrons. The Morgan fingerprint density at radius 2 is 2.35 bits per heavy atom. The minimum atomic E-state index is 0.0341. The van der Waals surface area contributed by atoms with Gasteiger partial charge in [0.05, 0.1) is 12.6 Å². The van der Waals surface area contributed by atoms with E-state index in [4.69, 9.17) is 4.74 Å². The molecule has 2 atom stereocenters. The van der Waals surface area contributed by atoms with E-state index in [1.165, 1.54) is 0 Å². The number of carbonyl (C=O) groups excluding carboxylic acids is 1. The minimum Gasteiger partial charge on any atom is -0.381 e. The summed E-state index contributed by atoms with van der Waals surface area (Å²) in [6, 6.07) is 0.196. The van der Waals surface area contributed by atoms with Gasteiger partial charge < -0.3 is 19.5 Å². The van der Waals surface area contributed by atoms with E-state index >= 15 is 0 Å². The van der Waals surface area contributed by atoms with Crippen LogP contribution in [0.3, 0.4) is 0 Å². The summed E-state index contributed by atoms with van der Waals surface area (Å²) >= 11 is 0. The number of rotatable bonds is 4. The highest BCUT2D eigenvalue weighted by Gasteiger charge is 2.32. The maximum Gasteiger partial charge on any atom is 0.317 e. The fraction of sp³-hybridized carbons (Fsp3) is 0.750. The fourth-order valence-electron chi connectivity index (χ4n) is 3.41. The van der Waals surface area contributed by atoms with Crippen LogP contribution in [0.25, 0.3) is 0 Å². The number of nitrogens with one attached hydrogen (secondary N) is 1. The molecule has 0 saturated carbocycles. The second-order valence-electron chi connectivity index (χ2n) is 6.40. The number of carbonyl (C=O) groups is 1. The van der Waals surface area contributed by atoms with Crippen molar-refractivity contribution in [3.05, 3.63) is 18.2 Å². The van der Waals surface area contributed by atoms with E-state index in [1.807, 2.05) is 28.9 Å². The second kappa shape index (κ2) is 7.31. The molecule has 1 aromatic heterocycles. The third-order valence-corrected chi connectivity index (χ3v) is 4.91. The number of aromatic nitrogens is 2. The molecule has 1 N–H and O–H groups in total. The molecule has 23 heavy (non-hydrogen) atoms. The Balaban J connectivity index is 1.60. The zero-order valence-corrected chi connectivity index (χ0v) is 14.1. The average molecular weight is 321 g/mol. The van der Waals surface area contributed by atoms with E-state index in [0.29, 0.717) is 19.0 Å². The van der Waals surface area contributed by atoms with Crippen LogP contribution in [0.1, 0.15) is 25.2 Å². The number of piperazine rings is 1. The zero-order chi connectivity index (χ0) is 16.2. The topological polar surface area (TPSA) is 62.6 Å². The zero-order valence-electron chi connectivity index (χ0n) is 14.1. The number of urea groups is 1. The summed E-state index contributed by atoms with van der Waals surface area (Å²) in [6.07, 6.45) is 4.82. The number of likely N-dealkylation sites (N-methyl/N-ethyl adjacent to an activating group) is 1. The van der Waals surface area contributed by atoms with Crippen molar-refractivity contribution in [1.82, 2.24) is 24.7 Å². The third-order valence-electron chi connectivity index (χ3n) is 4.91. The fourth-order valence-corrected chi connectivity index (χ4v) is 3.41. The number of hydrogen-bond donors (Lipinski definition) is 1. The average Bonchev–Trinajstić information content (AvgIpc) is 3.23. The van der Waals surface area contributed by atoms with Gasteiger partial charge in [0.1, 0.15) is 5.82 Å².